The average molecular weight is 441 g/mol. The third-order valence-corrected chi connectivity index (χ3v) is 4.67. The first-order chi connectivity index (χ1) is 12.5. The van der Waals surface area contributed by atoms with Gasteiger partial charge in [-0.05, 0) is 72.5 Å². The quantitative estimate of drug-likeness (QED) is 0.537. The SMILES string of the molecule is COc1cc(/C=N\n2c(C3CCCO3)n[nH]c2=S)cc(Br)c1OC(C)C. The molecule has 1 aliphatic heterocycles. The largest absolute Gasteiger partial charge is 0.493 e. The van der Waals surface area contributed by atoms with Gasteiger partial charge in [-0.1, -0.05) is 0 Å². The van der Waals surface area contributed by atoms with Gasteiger partial charge in [-0.3, -0.25) is 5.10 Å². The number of methoxy groups -OCH3 is 1. The zero-order valence-corrected chi connectivity index (χ0v) is 17.3. The van der Waals surface area contributed by atoms with Gasteiger partial charge in [0.25, 0.3) is 0 Å². The lowest BCUT2D eigenvalue weighted by Crippen LogP contribution is -2.08. The molecule has 0 radical (unpaired) electrons. The van der Waals surface area contributed by atoms with Gasteiger partial charge >= 0.3 is 0 Å². The molecule has 3 rings (SSSR count). The van der Waals surface area contributed by atoms with E-state index in [1.807, 2.05) is 26.0 Å². The van der Waals surface area contributed by atoms with Gasteiger partial charge in [0.15, 0.2) is 17.3 Å². The molecule has 0 aliphatic carbocycles. The van der Waals surface area contributed by atoms with Gasteiger partial charge in [0.1, 0.15) is 6.10 Å². The Labute approximate surface area is 165 Å². The maximum Gasteiger partial charge on any atom is 0.216 e. The summed E-state index contributed by atoms with van der Waals surface area (Å²) in [5, 5.41) is 11.5. The molecule has 0 saturated carbocycles. The Balaban J connectivity index is 1.91. The Kier molecular flexibility index (Phi) is 6.10. The summed E-state index contributed by atoms with van der Waals surface area (Å²) in [7, 11) is 1.61. The number of aromatic nitrogens is 3. The summed E-state index contributed by atoms with van der Waals surface area (Å²) >= 11 is 8.82. The van der Waals surface area contributed by atoms with Crippen molar-refractivity contribution in [2.75, 3.05) is 13.7 Å². The second kappa shape index (κ2) is 8.32. The van der Waals surface area contributed by atoms with Crippen LogP contribution in [0, 0.1) is 4.77 Å². The van der Waals surface area contributed by atoms with E-state index in [1.54, 1.807) is 18.0 Å². The number of nitrogens with zero attached hydrogens (tertiary/aromatic N) is 3. The zero-order chi connectivity index (χ0) is 18.7. The number of H-pyrrole nitrogens is 1. The number of ether oxygens (including phenoxy) is 3. The Morgan fingerprint density at radius 2 is 2.31 bits per heavy atom. The van der Waals surface area contributed by atoms with Crippen LogP contribution in [-0.2, 0) is 4.74 Å². The van der Waals surface area contributed by atoms with E-state index in [0.29, 0.717) is 22.1 Å². The fraction of sp³-hybridized carbons (Fsp3) is 0.471. The van der Waals surface area contributed by atoms with E-state index in [0.717, 1.165) is 29.5 Å². The van der Waals surface area contributed by atoms with E-state index in [9.17, 15) is 0 Å². The third-order valence-electron chi connectivity index (χ3n) is 3.82. The molecule has 0 amide bonds. The van der Waals surface area contributed by atoms with Gasteiger partial charge in [-0.2, -0.15) is 14.9 Å². The van der Waals surface area contributed by atoms with E-state index >= 15 is 0 Å². The molecule has 1 N–H and O–H groups in total. The van der Waals surface area contributed by atoms with Crippen molar-refractivity contribution in [3.05, 3.63) is 32.8 Å². The first-order valence-corrected chi connectivity index (χ1v) is 9.57. The zero-order valence-electron chi connectivity index (χ0n) is 14.9. The van der Waals surface area contributed by atoms with Crippen molar-refractivity contribution in [2.24, 2.45) is 5.10 Å². The summed E-state index contributed by atoms with van der Waals surface area (Å²) in [4.78, 5) is 0. The Morgan fingerprint density at radius 1 is 1.50 bits per heavy atom. The number of hydrogen-bond donors (Lipinski definition) is 1. The molecule has 2 aromatic rings. The Hall–Kier alpha value is -1.71. The monoisotopic (exact) mass is 440 g/mol. The van der Waals surface area contributed by atoms with Crippen LogP contribution in [0.5, 0.6) is 11.5 Å². The summed E-state index contributed by atoms with van der Waals surface area (Å²) in [5.74, 6) is 1.99. The lowest BCUT2D eigenvalue weighted by Gasteiger charge is -2.15. The molecule has 1 atom stereocenters. The van der Waals surface area contributed by atoms with Crippen LogP contribution in [0.3, 0.4) is 0 Å². The summed E-state index contributed by atoms with van der Waals surface area (Å²) < 4.78 is 19.8. The summed E-state index contributed by atoms with van der Waals surface area (Å²) in [6, 6.07) is 3.78. The van der Waals surface area contributed by atoms with Crippen molar-refractivity contribution in [2.45, 2.75) is 38.9 Å². The normalized spacial score (nSPS) is 17.3. The standard InChI is InChI=1S/C17H21BrN4O3S/c1-10(2)25-15-12(18)7-11(8-14(15)23-3)9-19-22-16(20-21-17(22)26)13-5-4-6-24-13/h7-10,13H,4-6H2,1-3H3,(H,21,26)/b19-9-. The van der Waals surface area contributed by atoms with Crippen LogP contribution in [-0.4, -0.2) is 40.9 Å². The average Bonchev–Trinajstić information content (AvgIpc) is 3.24. The van der Waals surface area contributed by atoms with Gasteiger partial charge in [0, 0.05) is 6.61 Å². The highest BCUT2D eigenvalue weighted by Gasteiger charge is 2.23. The first-order valence-electron chi connectivity index (χ1n) is 8.37. The van der Waals surface area contributed by atoms with Gasteiger partial charge in [0.2, 0.25) is 4.77 Å². The molecular weight excluding hydrogens is 420 g/mol. The molecule has 0 spiro atoms. The number of halogens is 1. The molecule has 1 aromatic carbocycles. The maximum atomic E-state index is 5.81. The van der Waals surface area contributed by atoms with Crippen molar-refractivity contribution in [1.82, 2.24) is 14.9 Å². The lowest BCUT2D eigenvalue weighted by atomic mass is 10.2. The van der Waals surface area contributed by atoms with Crippen LogP contribution >= 0.6 is 28.1 Å². The highest BCUT2D eigenvalue weighted by Crippen LogP contribution is 2.37. The highest BCUT2D eigenvalue weighted by molar-refractivity contribution is 9.10. The van der Waals surface area contributed by atoms with Gasteiger partial charge in [0.05, 0.1) is 23.9 Å². The predicted octanol–water partition coefficient (Wildman–Crippen LogP) is 4.23. The van der Waals surface area contributed by atoms with Crippen LogP contribution in [0.2, 0.25) is 0 Å². The Morgan fingerprint density at radius 3 is 2.96 bits per heavy atom. The van der Waals surface area contributed by atoms with E-state index in [1.165, 1.54) is 0 Å². The minimum Gasteiger partial charge on any atom is -0.493 e. The molecule has 1 aliphatic rings. The van der Waals surface area contributed by atoms with Gasteiger partial charge in [-0.15, -0.1) is 0 Å². The molecule has 1 fully saturated rings. The predicted molar refractivity (Wildman–Crippen MR) is 105 cm³/mol. The smallest absolute Gasteiger partial charge is 0.216 e. The van der Waals surface area contributed by atoms with Gasteiger partial charge < -0.3 is 14.2 Å². The molecule has 9 heteroatoms. The molecule has 1 saturated heterocycles. The molecular formula is C17H21BrN4O3S. The first kappa shape index (κ1) is 19.1. The number of hydrogen-bond acceptors (Lipinski definition) is 6. The van der Waals surface area contributed by atoms with Crippen LogP contribution in [0.4, 0.5) is 0 Å². The Bertz CT molecular complexity index is 856. The van der Waals surface area contributed by atoms with E-state index < -0.39 is 0 Å². The van der Waals surface area contributed by atoms with Crippen molar-refractivity contribution < 1.29 is 14.2 Å². The maximum absolute atomic E-state index is 5.81. The minimum absolute atomic E-state index is 0.0398. The number of benzene rings is 1. The van der Waals surface area contributed by atoms with Crippen LogP contribution in [0.1, 0.15) is 44.2 Å². The fourth-order valence-corrected chi connectivity index (χ4v) is 3.43. The number of aromatic amines is 1. The van der Waals surface area contributed by atoms with E-state index in [2.05, 4.69) is 31.2 Å². The lowest BCUT2D eigenvalue weighted by molar-refractivity contribution is 0.102. The molecule has 0 bridgehead atoms. The second-order valence-electron chi connectivity index (χ2n) is 6.15. The van der Waals surface area contributed by atoms with Crippen LogP contribution in [0.25, 0.3) is 0 Å². The summed E-state index contributed by atoms with van der Waals surface area (Å²) in [6.07, 6.45) is 3.59. The van der Waals surface area contributed by atoms with Gasteiger partial charge in [-0.25, -0.2) is 0 Å². The third kappa shape index (κ3) is 4.16. The minimum atomic E-state index is -0.0804. The summed E-state index contributed by atoms with van der Waals surface area (Å²) in [5.41, 5.74) is 0.839. The van der Waals surface area contributed by atoms with Crippen LogP contribution < -0.4 is 9.47 Å². The van der Waals surface area contributed by atoms with Crippen LogP contribution in [0.15, 0.2) is 21.7 Å². The van der Waals surface area contributed by atoms with E-state index in [4.69, 9.17) is 26.4 Å². The molecule has 7 nitrogen and oxygen atoms in total. The van der Waals surface area contributed by atoms with Crippen molar-refractivity contribution in [3.63, 3.8) is 0 Å². The molecule has 1 aromatic heterocycles. The topological polar surface area (TPSA) is 73.7 Å². The molecule has 1 unspecified atom stereocenters. The summed E-state index contributed by atoms with van der Waals surface area (Å²) in [6.45, 7) is 4.67. The second-order valence-corrected chi connectivity index (χ2v) is 7.39. The van der Waals surface area contributed by atoms with E-state index in [-0.39, 0.29) is 12.2 Å². The fourth-order valence-electron chi connectivity index (χ4n) is 2.69. The molecule has 26 heavy (non-hydrogen) atoms. The number of rotatable bonds is 6. The van der Waals surface area contributed by atoms with Crippen molar-refractivity contribution in [3.8, 4) is 11.5 Å². The highest BCUT2D eigenvalue weighted by atomic mass is 79.9. The number of nitrogens with one attached hydrogen (secondary N) is 1. The van der Waals surface area contributed by atoms with Crippen molar-refractivity contribution in [1.29, 1.82) is 0 Å². The molecule has 2 heterocycles. The molecule has 140 valence electrons. The van der Waals surface area contributed by atoms with Crippen molar-refractivity contribution >= 4 is 34.4 Å².